The normalized spacial score (nSPS) is 14.1. The minimum Gasteiger partial charge on any atom is -0.352 e. The van der Waals surface area contributed by atoms with Crippen LogP contribution in [0, 0.1) is 5.92 Å². The van der Waals surface area contributed by atoms with Gasteiger partial charge in [0.25, 0.3) is 0 Å². The Balaban J connectivity index is 3.75. The van der Waals surface area contributed by atoms with Gasteiger partial charge in [0.1, 0.15) is 0 Å². The van der Waals surface area contributed by atoms with Gasteiger partial charge in [-0.1, -0.05) is 20.3 Å². The minimum atomic E-state index is -0.0927. The predicted molar refractivity (Wildman–Crippen MR) is 52.0 cm³/mol. The highest BCUT2D eigenvalue weighted by Crippen LogP contribution is 2.07. The highest BCUT2D eigenvalue weighted by Gasteiger charge is 2.14. The third-order valence-electron chi connectivity index (χ3n) is 1.75. The molecule has 0 heterocycles. The van der Waals surface area contributed by atoms with E-state index in [1.807, 2.05) is 20.8 Å². The van der Waals surface area contributed by atoms with Crippen LogP contribution in [0.4, 0.5) is 0 Å². The maximum absolute atomic E-state index is 11.3. The number of amides is 1. The molecule has 0 aromatic carbocycles. The van der Waals surface area contributed by atoms with Crippen LogP contribution in [-0.2, 0) is 4.79 Å². The van der Waals surface area contributed by atoms with Gasteiger partial charge in [0, 0.05) is 12.0 Å². The van der Waals surface area contributed by atoms with Gasteiger partial charge in [-0.15, -0.1) is 0 Å². The molecule has 0 fully saturated rings. The van der Waals surface area contributed by atoms with Crippen LogP contribution in [-0.4, -0.2) is 11.4 Å². The summed E-state index contributed by atoms with van der Waals surface area (Å²) in [6.07, 6.45) is 1.71. The van der Waals surface area contributed by atoms with Gasteiger partial charge in [-0.2, -0.15) is 0 Å². The molecule has 1 atom stereocenters. The third-order valence-corrected chi connectivity index (χ3v) is 1.75. The smallest absolute Gasteiger partial charge is 0.220 e. The molecule has 0 rings (SSSR count). The van der Waals surface area contributed by atoms with Crippen molar-refractivity contribution in [1.29, 1.82) is 0 Å². The molecule has 0 aliphatic rings. The zero-order valence-electron chi connectivity index (χ0n) is 8.90. The second-order valence-electron chi connectivity index (χ2n) is 4.52. The fourth-order valence-corrected chi connectivity index (χ4v) is 0.930. The average Bonchev–Trinajstić information content (AvgIpc) is 1.82. The molecule has 0 unspecified atom stereocenters. The molecule has 1 N–H and O–H groups in total. The van der Waals surface area contributed by atoms with Gasteiger partial charge < -0.3 is 5.32 Å². The fourth-order valence-electron chi connectivity index (χ4n) is 0.930. The lowest BCUT2D eigenvalue weighted by Crippen LogP contribution is -2.41. The van der Waals surface area contributed by atoms with Crippen LogP contribution < -0.4 is 5.32 Å². The van der Waals surface area contributed by atoms with E-state index in [0.717, 1.165) is 6.42 Å². The first-order valence-corrected chi connectivity index (χ1v) is 4.66. The van der Waals surface area contributed by atoms with Crippen molar-refractivity contribution in [3.63, 3.8) is 0 Å². The van der Waals surface area contributed by atoms with Crippen molar-refractivity contribution in [1.82, 2.24) is 5.32 Å². The van der Waals surface area contributed by atoms with Gasteiger partial charge in [0.15, 0.2) is 0 Å². The molecule has 0 radical (unpaired) electrons. The minimum absolute atomic E-state index is 0.0927. The van der Waals surface area contributed by atoms with Crippen molar-refractivity contribution < 1.29 is 4.79 Å². The Hall–Kier alpha value is -0.530. The van der Waals surface area contributed by atoms with Gasteiger partial charge >= 0.3 is 0 Å². The summed E-state index contributed by atoms with van der Waals surface area (Å²) in [4.78, 5) is 11.3. The summed E-state index contributed by atoms with van der Waals surface area (Å²) in [6.45, 7) is 10.2. The first-order chi connectivity index (χ1) is 5.35. The van der Waals surface area contributed by atoms with E-state index in [4.69, 9.17) is 0 Å². The van der Waals surface area contributed by atoms with E-state index in [-0.39, 0.29) is 11.4 Å². The van der Waals surface area contributed by atoms with Crippen LogP contribution in [0.2, 0.25) is 0 Å². The standard InChI is InChI=1S/C10H21NO/c1-6-8(2)7-9(12)11-10(3,4)5/h8H,6-7H2,1-5H3,(H,11,12)/t8-/m0/s1. The molecule has 0 bridgehead atoms. The Morgan fingerprint density at radius 3 is 2.25 bits per heavy atom. The van der Waals surface area contributed by atoms with Crippen LogP contribution in [0.5, 0.6) is 0 Å². The average molecular weight is 171 g/mol. The highest BCUT2D eigenvalue weighted by molar-refractivity contribution is 5.76. The monoisotopic (exact) mass is 171 g/mol. The molecule has 0 aromatic rings. The van der Waals surface area contributed by atoms with E-state index >= 15 is 0 Å². The highest BCUT2D eigenvalue weighted by atomic mass is 16.1. The first kappa shape index (κ1) is 11.5. The lowest BCUT2D eigenvalue weighted by molar-refractivity contribution is -0.123. The van der Waals surface area contributed by atoms with Gasteiger partial charge in [0.05, 0.1) is 0 Å². The molecular weight excluding hydrogens is 150 g/mol. The summed E-state index contributed by atoms with van der Waals surface area (Å²) in [5.41, 5.74) is -0.0927. The number of hydrogen-bond donors (Lipinski definition) is 1. The summed E-state index contributed by atoms with van der Waals surface area (Å²) in [6, 6.07) is 0. The third kappa shape index (κ3) is 6.20. The van der Waals surface area contributed by atoms with Crippen molar-refractivity contribution in [2.75, 3.05) is 0 Å². The molecule has 1 amide bonds. The topological polar surface area (TPSA) is 29.1 Å². The Morgan fingerprint density at radius 1 is 1.42 bits per heavy atom. The number of carbonyl (C=O) groups excluding carboxylic acids is 1. The quantitative estimate of drug-likeness (QED) is 0.693. The Morgan fingerprint density at radius 2 is 1.92 bits per heavy atom. The van der Waals surface area contributed by atoms with E-state index in [9.17, 15) is 4.79 Å². The van der Waals surface area contributed by atoms with Crippen LogP contribution in [0.15, 0.2) is 0 Å². The van der Waals surface area contributed by atoms with Crippen molar-refractivity contribution in [3.05, 3.63) is 0 Å². The van der Waals surface area contributed by atoms with Crippen molar-refractivity contribution in [2.45, 2.75) is 53.0 Å². The predicted octanol–water partition coefficient (Wildman–Crippen LogP) is 2.34. The molecule has 0 aromatic heterocycles. The van der Waals surface area contributed by atoms with E-state index in [0.29, 0.717) is 12.3 Å². The lowest BCUT2D eigenvalue weighted by Gasteiger charge is -2.21. The number of rotatable bonds is 3. The Labute approximate surface area is 75.7 Å². The summed E-state index contributed by atoms with van der Waals surface area (Å²) in [5, 5.41) is 2.95. The zero-order valence-corrected chi connectivity index (χ0v) is 8.90. The molecular formula is C10H21NO. The van der Waals surface area contributed by atoms with E-state index in [1.54, 1.807) is 0 Å². The zero-order chi connectivity index (χ0) is 9.78. The molecule has 0 saturated carbocycles. The molecule has 0 saturated heterocycles. The summed E-state index contributed by atoms with van der Waals surface area (Å²) in [5.74, 6) is 0.657. The maximum Gasteiger partial charge on any atom is 0.220 e. The molecule has 2 nitrogen and oxygen atoms in total. The molecule has 2 heteroatoms. The molecule has 0 aliphatic carbocycles. The van der Waals surface area contributed by atoms with Gasteiger partial charge in [-0.25, -0.2) is 0 Å². The molecule has 0 aliphatic heterocycles. The van der Waals surface area contributed by atoms with Crippen LogP contribution in [0.25, 0.3) is 0 Å². The first-order valence-electron chi connectivity index (χ1n) is 4.66. The van der Waals surface area contributed by atoms with Gasteiger partial charge in [-0.05, 0) is 26.7 Å². The summed E-state index contributed by atoms with van der Waals surface area (Å²) in [7, 11) is 0. The Bertz CT molecular complexity index is 146. The molecule has 72 valence electrons. The molecule has 0 spiro atoms. The summed E-state index contributed by atoms with van der Waals surface area (Å²) < 4.78 is 0. The van der Waals surface area contributed by atoms with Gasteiger partial charge in [0.2, 0.25) is 5.91 Å². The van der Waals surface area contributed by atoms with Gasteiger partial charge in [-0.3, -0.25) is 4.79 Å². The van der Waals surface area contributed by atoms with Crippen molar-refractivity contribution in [3.8, 4) is 0 Å². The van der Waals surface area contributed by atoms with Crippen LogP contribution >= 0.6 is 0 Å². The van der Waals surface area contributed by atoms with E-state index in [1.165, 1.54) is 0 Å². The largest absolute Gasteiger partial charge is 0.352 e. The second kappa shape index (κ2) is 4.48. The fraction of sp³-hybridized carbons (Fsp3) is 0.900. The lowest BCUT2D eigenvalue weighted by atomic mass is 10.0. The van der Waals surface area contributed by atoms with Crippen LogP contribution in [0.1, 0.15) is 47.5 Å². The molecule has 12 heavy (non-hydrogen) atoms. The van der Waals surface area contributed by atoms with E-state index in [2.05, 4.69) is 19.2 Å². The number of hydrogen-bond acceptors (Lipinski definition) is 1. The van der Waals surface area contributed by atoms with Crippen molar-refractivity contribution in [2.24, 2.45) is 5.92 Å². The number of nitrogens with one attached hydrogen (secondary N) is 1. The van der Waals surface area contributed by atoms with Crippen LogP contribution in [0.3, 0.4) is 0 Å². The SMILES string of the molecule is CC[C@H](C)CC(=O)NC(C)(C)C. The summed E-state index contributed by atoms with van der Waals surface area (Å²) >= 11 is 0. The Kier molecular flexibility index (Phi) is 4.29. The number of carbonyl (C=O) groups is 1. The second-order valence-corrected chi connectivity index (χ2v) is 4.52. The maximum atomic E-state index is 11.3. The van der Waals surface area contributed by atoms with E-state index < -0.39 is 0 Å². The van der Waals surface area contributed by atoms with Crippen molar-refractivity contribution >= 4 is 5.91 Å².